The molecular formula is C13H23N3S. The maximum atomic E-state index is 6.45. The Bertz CT molecular complexity index is 340. The molecule has 0 amide bonds. The molecule has 0 spiro atoms. The van der Waals surface area contributed by atoms with E-state index in [0.29, 0.717) is 11.8 Å². The van der Waals surface area contributed by atoms with Crippen LogP contribution in [0.2, 0.25) is 0 Å². The van der Waals surface area contributed by atoms with Crippen LogP contribution in [0, 0.1) is 5.92 Å². The number of rotatable bonds is 3. The second-order valence-corrected chi connectivity index (χ2v) is 6.24. The molecule has 3 nitrogen and oxygen atoms in total. The molecule has 1 aliphatic carbocycles. The van der Waals surface area contributed by atoms with Crippen molar-refractivity contribution in [2.24, 2.45) is 11.7 Å². The molecule has 0 aromatic carbocycles. The summed E-state index contributed by atoms with van der Waals surface area (Å²) < 4.78 is 4.09. The molecule has 2 rings (SSSR count). The van der Waals surface area contributed by atoms with Gasteiger partial charge in [0.15, 0.2) is 0 Å². The van der Waals surface area contributed by atoms with Crippen LogP contribution in [0.25, 0.3) is 0 Å². The summed E-state index contributed by atoms with van der Waals surface area (Å²) in [5, 5.41) is 4.24. The summed E-state index contributed by atoms with van der Waals surface area (Å²) in [6.07, 6.45) is 7.97. The molecule has 0 radical (unpaired) electrons. The fraction of sp³-hybridized carbons (Fsp3) is 0.846. The van der Waals surface area contributed by atoms with Crippen LogP contribution in [0.4, 0.5) is 0 Å². The van der Waals surface area contributed by atoms with Gasteiger partial charge in [-0.25, -0.2) is 0 Å². The highest BCUT2D eigenvalue weighted by Gasteiger charge is 2.26. The van der Waals surface area contributed by atoms with Gasteiger partial charge in [0.25, 0.3) is 0 Å². The van der Waals surface area contributed by atoms with Crippen LogP contribution in [0.3, 0.4) is 0 Å². The summed E-state index contributed by atoms with van der Waals surface area (Å²) in [6, 6.07) is 0.158. The molecule has 1 fully saturated rings. The van der Waals surface area contributed by atoms with E-state index in [9.17, 15) is 0 Å². The second kappa shape index (κ2) is 5.91. The highest BCUT2D eigenvalue weighted by Crippen LogP contribution is 2.35. The number of nitrogens with zero attached hydrogens (tertiary/aromatic N) is 2. The van der Waals surface area contributed by atoms with Gasteiger partial charge in [0.1, 0.15) is 0 Å². The summed E-state index contributed by atoms with van der Waals surface area (Å²) in [6.45, 7) is 4.33. The van der Waals surface area contributed by atoms with E-state index in [4.69, 9.17) is 5.73 Å². The molecule has 1 aromatic heterocycles. The predicted molar refractivity (Wildman–Crippen MR) is 72.1 cm³/mol. The van der Waals surface area contributed by atoms with Crippen molar-refractivity contribution >= 4 is 11.5 Å². The molecule has 96 valence electrons. The Kier molecular flexibility index (Phi) is 4.51. The zero-order valence-electron chi connectivity index (χ0n) is 10.9. The van der Waals surface area contributed by atoms with E-state index in [2.05, 4.69) is 23.4 Å². The summed E-state index contributed by atoms with van der Waals surface area (Å²) in [4.78, 5) is 1.23. The molecule has 2 N–H and O–H groups in total. The van der Waals surface area contributed by atoms with Crippen molar-refractivity contribution in [2.45, 2.75) is 64.3 Å². The van der Waals surface area contributed by atoms with Gasteiger partial charge in [0, 0.05) is 6.04 Å². The molecule has 1 aliphatic rings. The predicted octanol–water partition coefficient (Wildman–Crippen LogP) is 3.63. The first-order valence-corrected chi connectivity index (χ1v) is 7.55. The Balaban J connectivity index is 2.11. The Morgan fingerprint density at radius 2 is 1.82 bits per heavy atom. The van der Waals surface area contributed by atoms with Crippen LogP contribution < -0.4 is 5.73 Å². The average Bonchev–Trinajstić information content (AvgIpc) is 2.64. The molecule has 0 bridgehead atoms. The van der Waals surface area contributed by atoms with Crippen LogP contribution in [-0.4, -0.2) is 9.59 Å². The highest BCUT2D eigenvalue weighted by atomic mass is 32.1. The minimum absolute atomic E-state index is 0.158. The van der Waals surface area contributed by atoms with Crippen molar-refractivity contribution < 1.29 is 0 Å². The van der Waals surface area contributed by atoms with Gasteiger partial charge in [0.05, 0.1) is 10.6 Å². The zero-order chi connectivity index (χ0) is 12.3. The van der Waals surface area contributed by atoms with E-state index in [0.717, 1.165) is 5.69 Å². The summed E-state index contributed by atoms with van der Waals surface area (Å²) in [7, 11) is 0. The van der Waals surface area contributed by atoms with E-state index in [-0.39, 0.29) is 6.04 Å². The van der Waals surface area contributed by atoms with Crippen molar-refractivity contribution in [3.05, 3.63) is 10.6 Å². The van der Waals surface area contributed by atoms with Gasteiger partial charge in [0.2, 0.25) is 0 Å². The van der Waals surface area contributed by atoms with Crippen molar-refractivity contribution in [3.63, 3.8) is 0 Å². The molecule has 17 heavy (non-hydrogen) atoms. The zero-order valence-corrected chi connectivity index (χ0v) is 11.7. The molecule has 0 saturated heterocycles. The lowest BCUT2D eigenvalue weighted by molar-refractivity contribution is 0.384. The second-order valence-electron chi connectivity index (χ2n) is 5.45. The third-order valence-corrected chi connectivity index (χ3v) is 4.64. The molecule has 4 heteroatoms. The van der Waals surface area contributed by atoms with Crippen LogP contribution in [-0.2, 0) is 0 Å². The van der Waals surface area contributed by atoms with Crippen molar-refractivity contribution in [3.8, 4) is 0 Å². The van der Waals surface area contributed by atoms with Gasteiger partial charge in [-0.1, -0.05) is 44.0 Å². The van der Waals surface area contributed by atoms with Crippen molar-refractivity contribution in [2.75, 3.05) is 0 Å². The molecule has 1 unspecified atom stereocenters. The van der Waals surface area contributed by atoms with Gasteiger partial charge in [-0.3, -0.25) is 0 Å². The molecule has 0 aliphatic heterocycles. The summed E-state index contributed by atoms with van der Waals surface area (Å²) in [5.74, 6) is 1.07. The number of hydrogen-bond acceptors (Lipinski definition) is 4. The van der Waals surface area contributed by atoms with Crippen LogP contribution in [0.1, 0.15) is 74.9 Å². The van der Waals surface area contributed by atoms with Crippen LogP contribution in [0.5, 0.6) is 0 Å². The standard InChI is InChI=1S/C13H23N3S/c1-9(2)12-13(17-16-15-12)11(14)10-7-5-3-4-6-8-10/h9-11H,3-8,14H2,1-2H3. The molecule has 1 atom stereocenters. The normalized spacial score (nSPS) is 20.5. The summed E-state index contributed by atoms with van der Waals surface area (Å²) in [5.41, 5.74) is 7.57. The number of hydrogen-bond donors (Lipinski definition) is 1. The fourth-order valence-electron chi connectivity index (χ4n) is 2.72. The molecule has 1 aromatic rings. The lowest BCUT2D eigenvalue weighted by Crippen LogP contribution is -2.21. The monoisotopic (exact) mass is 253 g/mol. The molecule has 1 saturated carbocycles. The Hall–Kier alpha value is -0.480. The number of aromatic nitrogens is 2. The van der Waals surface area contributed by atoms with Crippen molar-refractivity contribution in [1.82, 2.24) is 9.59 Å². The van der Waals surface area contributed by atoms with Gasteiger partial charge in [-0.05, 0) is 36.2 Å². The van der Waals surface area contributed by atoms with Crippen LogP contribution >= 0.6 is 11.5 Å². The smallest absolute Gasteiger partial charge is 0.0829 e. The first-order valence-electron chi connectivity index (χ1n) is 6.78. The number of nitrogens with two attached hydrogens (primary N) is 1. The fourth-order valence-corrected chi connectivity index (χ4v) is 3.62. The Labute approximate surface area is 108 Å². The topological polar surface area (TPSA) is 51.8 Å². The lowest BCUT2D eigenvalue weighted by atomic mass is 9.90. The minimum Gasteiger partial charge on any atom is -0.323 e. The maximum Gasteiger partial charge on any atom is 0.0829 e. The van der Waals surface area contributed by atoms with Gasteiger partial charge in [-0.2, -0.15) is 0 Å². The quantitative estimate of drug-likeness (QED) is 0.837. The van der Waals surface area contributed by atoms with Crippen molar-refractivity contribution in [1.29, 1.82) is 0 Å². The van der Waals surface area contributed by atoms with Gasteiger partial charge in [-0.15, -0.1) is 5.10 Å². The third-order valence-electron chi connectivity index (χ3n) is 3.80. The third kappa shape index (κ3) is 3.05. The van der Waals surface area contributed by atoms with E-state index in [1.165, 1.54) is 54.9 Å². The summed E-state index contributed by atoms with van der Waals surface area (Å²) >= 11 is 1.50. The van der Waals surface area contributed by atoms with E-state index < -0.39 is 0 Å². The Morgan fingerprint density at radius 3 is 2.41 bits per heavy atom. The average molecular weight is 253 g/mol. The Morgan fingerprint density at radius 1 is 1.18 bits per heavy atom. The van der Waals surface area contributed by atoms with Crippen LogP contribution in [0.15, 0.2) is 0 Å². The lowest BCUT2D eigenvalue weighted by Gasteiger charge is -2.22. The molecule has 1 heterocycles. The van der Waals surface area contributed by atoms with E-state index >= 15 is 0 Å². The maximum absolute atomic E-state index is 6.45. The molecular weight excluding hydrogens is 230 g/mol. The largest absolute Gasteiger partial charge is 0.323 e. The first-order chi connectivity index (χ1) is 8.20. The van der Waals surface area contributed by atoms with Gasteiger partial charge >= 0.3 is 0 Å². The SMILES string of the molecule is CC(C)c1nnsc1C(N)C1CCCCCC1. The highest BCUT2D eigenvalue weighted by molar-refractivity contribution is 7.05. The van der Waals surface area contributed by atoms with E-state index in [1.54, 1.807) is 0 Å². The first kappa shape index (κ1) is 13.0. The van der Waals surface area contributed by atoms with Gasteiger partial charge < -0.3 is 5.73 Å². The minimum atomic E-state index is 0.158. The van der Waals surface area contributed by atoms with E-state index in [1.807, 2.05) is 0 Å².